The predicted octanol–water partition coefficient (Wildman–Crippen LogP) is 4.63. The maximum absolute atomic E-state index is 3.74. The summed E-state index contributed by atoms with van der Waals surface area (Å²) in [6.45, 7) is 5.57. The lowest BCUT2D eigenvalue weighted by molar-refractivity contribution is 0.253. The van der Waals surface area contributed by atoms with Gasteiger partial charge in [0.05, 0.1) is 0 Å². The molecule has 1 fully saturated rings. The number of rotatable bonds is 3. The number of hydrogen-bond acceptors (Lipinski definition) is 2. The zero-order valence-electron chi connectivity index (χ0n) is 10.1. The molecule has 1 aliphatic rings. The van der Waals surface area contributed by atoms with Crippen LogP contribution in [0.1, 0.15) is 48.8 Å². The van der Waals surface area contributed by atoms with Crippen LogP contribution in [0.25, 0.3) is 0 Å². The molecule has 1 N–H and O–H groups in total. The Morgan fingerprint density at radius 1 is 1.38 bits per heavy atom. The Balaban J connectivity index is 1.91. The van der Waals surface area contributed by atoms with Gasteiger partial charge in [-0.2, -0.15) is 0 Å². The van der Waals surface area contributed by atoms with Crippen molar-refractivity contribution in [2.45, 2.75) is 58.0 Å². The van der Waals surface area contributed by atoms with Crippen molar-refractivity contribution in [3.05, 3.63) is 20.3 Å². The van der Waals surface area contributed by atoms with Gasteiger partial charge >= 0.3 is 0 Å². The molecule has 0 amide bonds. The van der Waals surface area contributed by atoms with E-state index in [2.05, 4.69) is 41.2 Å². The Hall–Kier alpha value is 0.140. The second-order valence-electron chi connectivity index (χ2n) is 5.09. The van der Waals surface area contributed by atoms with Gasteiger partial charge in [-0.3, -0.25) is 0 Å². The first-order valence-electron chi connectivity index (χ1n) is 6.09. The van der Waals surface area contributed by atoms with E-state index >= 15 is 0 Å². The van der Waals surface area contributed by atoms with Crippen LogP contribution >= 0.6 is 27.3 Å². The van der Waals surface area contributed by atoms with Crippen molar-refractivity contribution in [2.24, 2.45) is 0 Å². The second kappa shape index (κ2) is 5.19. The number of aryl methyl sites for hydroxylation is 1. The van der Waals surface area contributed by atoms with Gasteiger partial charge in [0.2, 0.25) is 0 Å². The van der Waals surface area contributed by atoms with E-state index in [0.29, 0.717) is 5.54 Å². The number of hydrogen-bond donors (Lipinski definition) is 1. The smallest absolute Gasteiger partial charge is 0.0314 e. The first kappa shape index (κ1) is 12.6. The van der Waals surface area contributed by atoms with Gasteiger partial charge in [-0.05, 0) is 48.7 Å². The highest BCUT2D eigenvalue weighted by atomic mass is 79.9. The highest BCUT2D eigenvalue weighted by Gasteiger charge is 2.25. The van der Waals surface area contributed by atoms with Gasteiger partial charge in [0.1, 0.15) is 0 Å². The fraction of sp³-hybridized carbons (Fsp3) is 0.692. The van der Waals surface area contributed by atoms with Crippen molar-refractivity contribution in [2.75, 3.05) is 0 Å². The molecule has 0 spiro atoms. The molecule has 16 heavy (non-hydrogen) atoms. The van der Waals surface area contributed by atoms with Crippen LogP contribution in [0.5, 0.6) is 0 Å². The summed E-state index contributed by atoms with van der Waals surface area (Å²) in [6.07, 6.45) is 6.85. The third-order valence-electron chi connectivity index (χ3n) is 3.55. The van der Waals surface area contributed by atoms with E-state index in [-0.39, 0.29) is 0 Å². The first-order valence-corrected chi connectivity index (χ1v) is 7.70. The average Bonchev–Trinajstić information content (AvgIpc) is 2.57. The zero-order chi connectivity index (χ0) is 11.6. The molecule has 1 aliphatic carbocycles. The Morgan fingerprint density at radius 3 is 2.62 bits per heavy atom. The van der Waals surface area contributed by atoms with Gasteiger partial charge in [-0.15, -0.1) is 11.3 Å². The van der Waals surface area contributed by atoms with Crippen LogP contribution in [0.15, 0.2) is 10.5 Å². The minimum absolute atomic E-state index is 0.378. The molecule has 90 valence electrons. The highest BCUT2D eigenvalue weighted by molar-refractivity contribution is 9.10. The largest absolute Gasteiger partial charge is 0.307 e. The third-order valence-corrected chi connectivity index (χ3v) is 5.69. The van der Waals surface area contributed by atoms with Crippen LogP contribution in [-0.4, -0.2) is 5.54 Å². The molecule has 1 aromatic rings. The molecular weight excluding hydrogens is 282 g/mol. The number of nitrogens with one attached hydrogen (secondary N) is 1. The summed E-state index contributed by atoms with van der Waals surface area (Å²) in [5.41, 5.74) is 0.378. The molecule has 1 heterocycles. The molecular formula is C13H20BrNS. The zero-order valence-corrected chi connectivity index (χ0v) is 12.5. The van der Waals surface area contributed by atoms with Crippen LogP contribution < -0.4 is 5.32 Å². The van der Waals surface area contributed by atoms with E-state index < -0.39 is 0 Å². The summed E-state index contributed by atoms with van der Waals surface area (Å²) in [4.78, 5) is 2.82. The van der Waals surface area contributed by atoms with Crippen LogP contribution in [-0.2, 0) is 6.54 Å². The van der Waals surface area contributed by atoms with Crippen molar-refractivity contribution in [3.63, 3.8) is 0 Å². The maximum atomic E-state index is 3.74. The van der Waals surface area contributed by atoms with Crippen molar-refractivity contribution < 1.29 is 0 Å². The summed E-state index contributed by atoms with van der Waals surface area (Å²) < 4.78 is 1.25. The fourth-order valence-corrected chi connectivity index (χ4v) is 3.96. The average molecular weight is 302 g/mol. The lowest BCUT2D eigenvalue weighted by atomic mass is 9.83. The van der Waals surface area contributed by atoms with Crippen molar-refractivity contribution in [1.29, 1.82) is 0 Å². The summed E-state index contributed by atoms with van der Waals surface area (Å²) in [6, 6.07) is 2.25. The van der Waals surface area contributed by atoms with Crippen LogP contribution in [0.3, 0.4) is 0 Å². The van der Waals surface area contributed by atoms with E-state index in [1.807, 2.05) is 11.3 Å². The molecule has 1 aromatic heterocycles. The monoisotopic (exact) mass is 301 g/mol. The standard InChI is InChI=1S/C13H20BrNS/c1-10-12(14)8-11(16-10)9-15-13(2)6-4-3-5-7-13/h8,15H,3-7,9H2,1-2H3. The van der Waals surface area contributed by atoms with Crippen LogP contribution in [0.4, 0.5) is 0 Å². The molecule has 1 saturated carbocycles. The SMILES string of the molecule is Cc1sc(CNC2(C)CCCCC2)cc1Br. The van der Waals surface area contributed by atoms with Crippen molar-refractivity contribution in [1.82, 2.24) is 5.32 Å². The predicted molar refractivity (Wildman–Crippen MR) is 75.1 cm³/mol. The third kappa shape index (κ3) is 3.08. The van der Waals surface area contributed by atoms with E-state index in [9.17, 15) is 0 Å². The van der Waals surface area contributed by atoms with Crippen molar-refractivity contribution in [3.8, 4) is 0 Å². The normalized spacial score (nSPS) is 19.9. The van der Waals surface area contributed by atoms with Crippen LogP contribution in [0.2, 0.25) is 0 Å². The second-order valence-corrected chi connectivity index (χ2v) is 7.29. The molecule has 0 saturated heterocycles. The first-order chi connectivity index (χ1) is 7.59. The quantitative estimate of drug-likeness (QED) is 0.858. The molecule has 0 aliphatic heterocycles. The summed E-state index contributed by atoms with van der Waals surface area (Å²) in [7, 11) is 0. The molecule has 0 unspecified atom stereocenters. The van der Waals surface area contributed by atoms with Gasteiger partial charge in [0, 0.05) is 26.3 Å². The Kier molecular flexibility index (Phi) is 4.09. The Labute approximate surface area is 111 Å². The van der Waals surface area contributed by atoms with Crippen molar-refractivity contribution >= 4 is 27.3 Å². The number of thiophene rings is 1. The van der Waals surface area contributed by atoms with E-state index in [4.69, 9.17) is 0 Å². The molecule has 0 atom stereocenters. The molecule has 2 rings (SSSR count). The fourth-order valence-electron chi connectivity index (χ4n) is 2.41. The molecule has 0 radical (unpaired) electrons. The topological polar surface area (TPSA) is 12.0 Å². The summed E-state index contributed by atoms with van der Waals surface area (Å²) in [5, 5.41) is 3.74. The maximum Gasteiger partial charge on any atom is 0.0314 e. The molecule has 3 heteroatoms. The molecule has 1 nitrogen and oxygen atoms in total. The summed E-state index contributed by atoms with van der Waals surface area (Å²) in [5.74, 6) is 0. The highest BCUT2D eigenvalue weighted by Crippen LogP contribution is 2.30. The van der Waals surface area contributed by atoms with Gasteiger partial charge in [0.15, 0.2) is 0 Å². The van der Waals surface area contributed by atoms with E-state index in [1.54, 1.807) is 0 Å². The summed E-state index contributed by atoms with van der Waals surface area (Å²) >= 11 is 5.47. The van der Waals surface area contributed by atoms with Gasteiger partial charge in [-0.1, -0.05) is 19.3 Å². The van der Waals surface area contributed by atoms with Gasteiger partial charge < -0.3 is 5.32 Å². The van der Waals surface area contributed by atoms with E-state index in [1.165, 1.54) is 46.3 Å². The van der Waals surface area contributed by atoms with E-state index in [0.717, 1.165) is 6.54 Å². The Morgan fingerprint density at radius 2 is 2.06 bits per heavy atom. The lowest BCUT2D eigenvalue weighted by Crippen LogP contribution is -2.43. The minimum Gasteiger partial charge on any atom is -0.307 e. The minimum atomic E-state index is 0.378. The molecule has 0 aromatic carbocycles. The molecule has 0 bridgehead atoms. The number of halogens is 1. The Bertz CT molecular complexity index is 333. The van der Waals surface area contributed by atoms with Gasteiger partial charge in [0.25, 0.3) is 0 Å². The van der Waals surface area contributed by atoms with Gasteiger partial charge in [-0.25, -0.2) is 0 Å². The lowest BCUT2D eigenvalue weighted by Gasteiger charge is -2.34. The van der Waals surface area contributed by atoms with Crippen LogP contribution in [0, 0.1) is 6.92 Å².